The molecular formula is C11H19N3O2. The highest BCUT2D eigenvalue weighted by atomic mass is 16.5. The number of rotatable bonds is 4. The standard InChI is InChI=1S/C11H19N3O2/c1-9(2)13-11(15)3-4-14-5-6-16-10(7-12)8-14/h9-10H,3-6,8H2,1-2H3,(H,13,15). The van der Waals surface area contributed by atoms with Crippen LogP contribution < -0.4 is 5.32 Å². The van der Waals surface area contributed by atoms with E-state index < -0.39 is 0 Å². The van der Waals surface area contributed by atoms with Crippen molar-refractivity contribution in [2.45, 2.75) is 32.4 Å². The molecule has 1 unspecified atom stereocenters. The summed E-state index contributed by atoms with van der Waals surface area (Å²) in [6, 6.07) is 2.27. The van der Waals surface area contributed by atoms with E-state index in [9.17, 15) is 4.79 Å². The normalized spacial score (nSPS) is 21.8. The van der Waals surface area contributed by atoms with Gasteiger partial charge in [0.1, 0.15) is 0 Å². The third kappa shape index (κ3) is 4.60. The summed E-state index contributed by atoms with van der Waals surface area (Å²) >= 11 is 0. The SMILES string of the molecule is CC(C)NC(=O)CCN1CCOC(C#N)C1. The summed E-state index contributed by atoms with van der Waals surface area (Å²) in [6.07, 6.45) is 0.137. The second-order valence-corrected chi connectivity index (χ2v) is 4.26. The zero-order chi connectivity index (χ0) is 12.0. The number of hydrogen-bond acceptors (Lipinski definition) is 4. The Morgan fingerprint density at radius 2 is 2.44 bits per heavy atom. The number of nitrogens with one attached hydrogen (secondary N) is 1. The average molecular weight is 225 g/mol. The second kappa shape index (κ2) is 6.46. The number of amides is 1. The molecule has 16 heavy (non-hydrogen) atoms. The summed E-state index contributed by atoms with van der Waals surface area (Å²) in [4.78, 5) is 13.5. The maximum atomic E-state index is 11.4. The number of carbonyl (C=O) groups excluding carboxylic acids is 1. The Hall–Kier alpha value is -1.12. The van der Waals surface area contributed by atoms with Crippen molar-refractivity contribution < 1.29 is 9.53 Å². The monoisotopic (exact) mass is 225 g/mol. The molecule has 90 valence electrons. The van der Waals surface area contributed by atoms with Gasteiger partial charge in [0.25, 0.3) is 0 Å². The quantitative estimate of drug-likeness (QED) is 0.738. The maximum absolute atomic E-state index is 11.4. The predicted octanol–water partition coefficient (Wildman–Crippen LogP) is 0.125. The number of morpholine rings is 1. The molecule has 0 aromatic rings. The topological polar surface area (TPSA) is 65.4 Å². The maximum Gasteiger partial charge on any atom is 0.221 e. The highest BCUT2D eigenvalue weighted by molar-refractivity contribution is 5.76. The van der Waals surface area contributed by atoms with Crippen LogP contribution in [0.4, 0.5) is 0 Å². The molecule has 1 saturated heterocycles. The van der Waals surface area contributed by atoms with Crippen molar-refractivity contribution in [3.63, 3.8) is 0 Å². The molecule has 0 radical (unpaired) electrons. The van der Waals surface area contributed by atoms with E-state index in [1.165, 1.54) is 0 Å². The first-order chi connectivity index (χ1) is 7.61. The summed E-state index contributed by atoms with van der Waals surface area (Å²) in [6.45, 7) is 6.55. The van der Waals surface area contributed by atoms with Crippen LogP contribution in [0.5, 0.6) is 0 Å². The van der Waals surface area contributed by atoms with Gasteiger partial charge in [0.15, 0.2) is 6.10 Å². The van der Waals surface area contributed by atoms with E-state index in [4.69, 9.17) is 10.00 Å². The van der Waals surface area contributed by atoms with Gasteiger partial charge in [-0.1, -0.05) is 0 Å². The van der Waals surface area contributed by atoms with Gasteiger partial charge in [-0.05, 0) is 13.8 Å². The molecule has 0 aromatic carbocycles. The van der Waals surface area contributed by atoms with Gasteiger partial charge < -0.3 is 10.1 Å². The molecular weight excluding hydrogens is 206 g/mol. The molecule has 1 heterocycles. The van der Waals surface area contributed by atoms with E-state index in [1.54, 1.807) is 0 Å². The minimum absolute atomic E-state index is 0.0648. The lowest BCUT2D eigenvalue weighted by molar-refractivity contribution is -0.122. The molecule has 0 aliphatic carbocycles. The molecule has 0 bridgehead atoms. The summed E-state index contributed by atoms with van der Waals surface area (Å²) in [5.41, 5.74) is 0. The Morgan fingerprint density at radius 3 is 3.06 bits per heavy atom. The Balaban J connectivity index is 2.22. The van der Waals surface area contributed by atoms with Gasteiger partial charge in [-0.3, -0.25) is 9.69 Å². The predicted molar refractivity (Wildman–Crippen MR) is 59.7 cm³/mol. The molecule has 5 nitrogen and oxygen atoms in total. The zero-order valence-corrected chi connectivity index (χ0v) is 9.90. The fraction of sp³-hybridized carbons (Fsp3) is 0.818. The number of nitrogens with zero attached hydrogens (tertiary/aromatic N) is 2. The van der Waals surface area contributed by atoms with Crippen LogP contribution >= 0.6 is 0 Å². The van der Waals surface area contributed by atoms with Crippen LogP contribution in [0.2, 0.25) is 0 Å². The lowest BCUT2D eigenvalue weighted by Crippen LogP contribution is -2.43. The molecule has 1 aliphatic heterocycles. The minimum Gasteiger partial charge on any atom is -0.361 e. The van der Waals surface area contributed by atoms with Crippen LogP contribution in [0, 0.1) is 11.3 Å². The van der Waals surface area contributed by atoms with Gasteiger partial charge in [-0.15, -0.1) is 0 Å². The molecule has 1 N–H and O–H groups in total. The van der Waals surface area contributed by atoms with Crippen LogP contribution in [0.15, 0.2) is 0 Å². The Bertz CT molecular complexity index is 273. The van der Waals surface area contributed by atoms with Gasteiger partial charge >= 0.3 is 0 Å². The smallest absolute Gasteiger partial charge is 0.221 e. The van der Waals surface area contributed by atoms with E-state index in [-0.39, 0.29) is 18.1 Å². The minimum atomic E-state index is -0.345. The number of nitriles is 1. The molecule has 1 rings (SSSR count). The van der Waals surface area contributed by atoms with Crippen LogP contribution in [0.1, 0.15) is 20.3 Å². The van der Waals surface area contributed by atoms with Gasteiger partial charge in [-0.25, -0.2) is 0 Å². The number of carbonyl (C=O) groups is 1. The van der Waals surface area contributed by atoms with Gasteiger partial charge in [0.2, 0.25) is 5.91 Å². The fourth-order valence-electron chi connectivity index (χ4n) is 1.64. The summed E-state index contributed by atoms with van der Waals surface area (Å²) in [5.74, 6) is 0.0648. The van der Waals surface area contributed by atoms with E-state index in [0.29, 0.717) is 26.1 Å². The van der Waals surface area contributed by atoms with Crippen LogP contribution in [-0.4, -0.2) is 49.2 Å². The first-order valence-electron chi connectivity index (χ1n) is 5.64. The summed E-state index contributed by atoms with van der Waals surface area (Å²) in [5, 5.41) is 11.6. The van der Waals surface area contributed by atoms with Crippen molar-refractivity contribution in [2.75, 3.05) is 26.2 Å². The molecule has 0 spiro atoms. The van der Waals surface area contributed by atoms with Gasteiger partial charge in [0.05, 0.1) is 12.7 Å². The van der Waals surface area contributed by atoms with Crippen LogP contribution in [-0.2, 0) is 9.53 Å². The molecule has 1 fully saturated rings. The van der Waals surface area contributed by atoms with E-state index in [2.05, 4.69) is 16.3 Å². The van der Waals surface area contributed by atoms with Crippen LogP contribution in [0.3, 0.4) is 0 Å². The largest absolute Gasteiger partial charge is 0.361 e. The van der Waals surface area contributed by atoms with Gasteiger partial charge in [-0.2, -0.15) is 5.26 Å². The van der Waals surface area contributed by atoms with E-state index >= 15 is 0 Å². The highest BCUT2D eigenvalue weighted by Crippen LogP contribution is 2.04. The third-order valence-electron chi connectivity index (χ3n) is 2.40. The van der Waals surface area contributed by atoms with Crippen molar-refractivity contribution in [3.8, 4) is 6.07 Å². The average Bonchev–Trinajstić information content (AvgIpc) is 2.26. The number of hydrogen-bond donors (Lipinski definition) is 1. The van der Waals surface area contributed by atoms with Crippen molar-refractivity contribution in [2.24, 2.45) is 0 Å². The Kier molecular flexibility index (Phi) is 5.23. The van der Waals surface area contributed by atoms with Crippen molar-refractivity contribution in [1.82, 2.24) is 10.2 Å². The third-order valence-corrected chi connectivity index (χ3v) is 2.40. The Morgan fingerprint density at radius 1 is 1.69 bits per heavy atom. The Labute approximate surface area is 96.4 Å². The lowest BCUT2D eigenvalue weighted by atomic mass is 10.2. The molecule has 5 heteroatoms. The second-order valence-electron chi connectivity index (χ2n) is 4.26. The van der Waals surface area contributed by atoms with Crippen molar-refractivity contribution >= 4 is 5.91 Å². The molecule has 0 aromatic heterocycles. The molecule has 0 saturated carbocycles. The van der Waals surface area contributed by atoms with E-state index in [1.807, 2.05) is 13.8 Å². The van der Waals surface area contributed by atoms with E-state index in [0.717, 1.165) is 6.54 Å². The summed E-state index contributed by atoms with van der Waals surface area (Å²) < 4.78 is 5.23. The fourth-order valence-corrected chi connectivity index (χ4v) is 1.64. The van der Waals surface area contributed by atoms with Crippen molar-refractivity contribution in [3.05, 3.63) is 0 Å². The molecule has 1 atom stereocenters. The zero-order valence-electron chi connectivity index (χ0n) is 9.90. The summed E-state index contributed by atoms with van der Waals surface area (Å²) in [7, 11) is 0. The molecule has 1 aliphatic rings. The molecule has 1 amide bonds. The van der Waals surface area contributed by atoms with Gasteiger partial charge in [0, 0.05) is 32.1 Å². The highest BCUT2D eigenvalue weighted by Gasteiger charge is 2.20. The lowest BCUT2D eigenvalue weighted by Gasteiger charge is -2.29. The van der Waals surface area contributed by atoms with Crippen molar-refractivity contribution in [1.29, 1.82) is 5.26 Å². The first-order valence-corrected chi connectivity index (χ1v) is 5.64. The van der Waals surface area contributed by atoms with Crippen LogP contribution in [0.25, 0.3) is 0 Å². The number of ether oxygens (including phenoxy) is 1. The first kappa shape index (κ1) is 12.9.